The van der Waals surface area contributed by atoms with Crippen molar-refractivity contribution in [3.63, 3.8) is 0 Å². The molecule has 0 aromatic carbocycles. The van der Waals surface area contributed by atoms with Gasteiger partial charge in [0.2, 0.25) is 0 Å². The summed E-state index contributed by atoms with van der Waals surface area (Å²) in [4.78, 5) is 10.1. The number of carboxylic acids is 1. The molecule has 3 N–H and O–H groups in total. The summed E-state index contributed by atoms with van der Waals surface area (Å²) >= 11 is 0. The van der Waals surface area contributed by atoms with Crippen LogP contribution in [0, 0.1) is 0 Å². The van der Waals surface area contributed by atoms with Gasteiger partial charge in [-0.15, -0.1) is 0 Å². The molecule has 5 heteroatoms. The second-order valence-electron chi connectivity index (χ2n) is 4.10. The molecule has 0 saturated heterocycles. The van der Waals surface area contributed by atoms with Crippen LogP contribution in [-0.2, 0) is 4.79 Å². The Morgan fingerprint density at radius 2 is 2.00 bits per heavy atom. The van der Waals surface area contributed by atoms with E-state index >= 15 is 0 Å². The van der Waals surface area contributed by atoms with Crippen molar-refractivity contribution >= 4 is 5.97 Å². The first-order chi connectivity index (χ1) is 5.12. The summed E-state index contributed by atoms with van der Waals surface area (Å²) in [6.07, 6.45) is -0.539. The predicted octanol–water partition coefficient (Wildman–Crippen LogP) is -2.52. The van der Waals surface area contributed by atoms with Crippen molar-refractivity contribution in [2.75, 3.05) is 27.7 Å². The Labute approximate surface area is 72.0 Å². The maximum Gasteiger partial charge on any atom is 0.168 e. The first-order valence-electron chi connectivity index (χ1n) is 3.64. The van der Waals surface area contributed by atoms with Crippen molar-refractivity contribution in [3.8, 4) is 0 Å². The third kappa shape index (κ3) is 6.09. The van der Waals surface area contributed by atoms with E-state index < -0.39 is 18.1 Å². The van der Waals surface area contributed by atoms with Gasteiger partial charge in [0.1, 0.15) is 6.54 Å². The standard InChI is InChI=1S/C7H16N2O3/c1-9(2,3)5-7(8,12)4-6(10)11/h12H,4-5,8H2,1-3H3/t7-/m0/s1. The summed E-state index contributed by atoms with van der Waals surface area (Å²) in [6, 6.07) is 0. The molecule has 0 aromatic heterocycles. The van der Waals surface area contributed by atoms with E-state index in [4.69, 9.17) is 5.73 Å². The van der Waals surface area contributed by atoms with E-state index in [2.05, 4.69) is 0 Å². The predicted molar refractivity (Wildman–Crippen MR) is 41.7 cm³/mol. The average Bonchev–Trinajstić information content (AvgIpc) is 1.48. The molecule has 0 spiro atoms. The third-order valence-electron chi connectivity index (χ3n) is 1.20. The Bertz CT molecular complexity index is 172. The molecule has 0 aliphatic heterocycles. The van der Waals surface area contributed by atoms with Gasteiger partial charge in [-0.1, -0.05) is 0 Å². The van der Waals surface area contributed by atoms with Crippen molar-refractivity contribution in [1.29, 1.82) is 0 Å². The van der Waals surface area contributed by atoms with Gasteiger partial charge in [0.05, 0.1) is 21.1 Å². The second kappa shape index (κ2) is 3.38. The first kappa shape index (κ1) is 11.4. The van der Waals surface area contributed by atoms with Gasteiger partial charge >= 0.3 is 0 Å². The molecule has 12 heavy (non-hydrogen) atoms. The molecule has 0 unspecified atom stereocenters. The summed E-state index contributed by atoms with van der Waals surface area (Å²) < 4.78 is 0.403. The maximum atomic E-state index is 10.1. The van der Waals surface area contributed by atoms with Gasteiger partial charge in [0.15, 0.2) is 5.72 Å². The monoisotopic (exact) mass is 176 g/mol. The normalized spacial score (nSPS) is 17.1. The van der Waals surface area contributed by atoms with Crippen molar-refractivity contribution in [2.45, 2.75) is 12.1 Å². The van der Waals surface area contributed by atoms with Gasteiger partial charge in [-0.25, -0.2) is 0 Å². The molecule has 1 atom stereocenters. The maximum absolute atomic E-state index is 10.1. The number of hydrogen-bond donors (Lipinski definition) is 2. The zero-order valence-electron chi connectivity index (χ0n) is 7.70. The highest BCUT2D eigenvalue weighted by Crippen LogP contribution is 2.06. The lowest BCUT2D eigenvalue weighted by atomic mass is 10.1. The van der Waals surface area contributed by atoms with Crippen molar-refractivity contribution in [1.82, 2.24) is 0 Å². The fraction of sp³-hybridized carbons (Fsp3) is 0.857. The van der Waals surface area contributed by atoms with E-state index in [1.165, 1.54) is 0 Å². The lowest BCUT2D eigenvalue weighted by Crippen LogP contribution is -2.56. The van der Waals surface area contributed by atoms with Crippen LogP contribution in [0.5, 0.6) is 0 Å². The van der Waals surface area contributed by atoms with E-state index in [-0.39, 0.29) is 6.54 Å². The second-order valence-corrected chi connectivity index (χ2v) is 4.10. The molecule has 0 aliphatic carbocycles. The van der Waals surface area contributed by atoms with Gasteiger partial charge in [0.25, 0.3) is 0 Å². The van der Waals surface area contributed by atoms with Gasteiger partial charge in [-0.3, -0.25) is 5.73 Å². The van der Waals surface area contributed by atoms with Gasteiger partial charge in [0, 0.05) is 12.4 Å². The van der Waals surface area contributed by atoms with Crippen LogP contribution in [0.2, 0.25) is 0 Å². The molecular formula is C7H16N2O3. The Morgan fingerprint density at radius 3 is 2.25 bits per heavy atom. The molecule has 0 amide bonds. The Kier molecular flexibility index (Phi) is 3.20. The van der Waals surface area contributed by atoms with Crippen molar-refractivity contribution in [2.24, 2.45) is 5.73 Å². The topological polar surface area (TPSA) is 86.4 Å². The number of aliphatic hydroxyl groups is 1. The number of likely N-dealkylation sites (N-methyl/N-ethyl adjacent to an activating group) is 1. The molecule has 0 heterocycles. The van der Waals surface area contributed by atoms with Crippen LogP contribution in [0.15, 0.2) is 0 Å². The molecule has 0 aromatic rings. The molecule has 0 aliphatic rings. The third-order valence-corrected chi connectivity index (χ3v) is 1.20. The average molecular weight is 176 g/mol. The SMILES string of the molecule is C[N+](C)(C)C[C@@](N)(O)CC(=O)[O-]. The van der Waals surface area contributed by atoms with Gasteiger partial charge in [-0.05, 0) is 0 Å². The minimum Gasteiger partial charge on any atom is -0.550 e. The van der Waals surface area contributed by atoms with Crippen LogP contribution < -0.4 is 10.8 Å². The molecule has 0 fully saturated rings. The van der Waals surface area contributed by atoms with Crippen LogP contribution >= 0.6 is 0 Å². The Hall–Kier alpha value is -0.650. The van der Waals surface area contributed by atoms with E-state index in [0.29, 0.717) is 4.48 Å². The minimum absolute atomic E-state index is 0.168. The summed E-state index contributed by atoms with van der Waals surface area (Å²) in [5.41, 5.74) is 3.64. The first-order valence-corrected chi connectivity index (χ1v) is 3.64. The number of carboxylic acid groups (broad SMARTS) is 1. The molecule has 0 saturated carbocycles. The highest BCUT2D eigenvalue weighted by molar-refractivity contribution is 5.65. The van der Waals surface area contributed by atoms with Crippen LogP contribution in [0.1, 0.15) is 6.42 Å². The quantitative estimate of drug-likeness (QED) is 0.365. The van der Waals surface area contributed by atoms with Gasteiger partial charge in [-0.2, -0.15) is 0 Å². The number of nitrogens with zero attached hydrogens (tertiary/aromatic N) is 1. The summed E-state index contributed by atoms with van der Waals surface area (Å²) in [5, 5.41) is 19.5. The van der Waals surface area contributed by atoms with Crippen LogP contribution in [0.3, 0.4) is 0 Å². The Morgan fingerprint density at radius 1 is 1.58 bits per heavy atom. The summed E-state index contributed by atoms with van der Waals surface area (Å²) in [6.45, 7) is 0.168. The van der Waals surface area contributed by atoms with E-state index in [9.17, 15) is 15.0 Å². The molecule has 0 radical (unpaired) electrons. The summed E-state index contributed by atoms with van der Waals surface area (Å²) in [7, 11) is 5.44. The van der Waals surface area contributed by atoms with Crippen LogP contribution in [0.4, 0.5) is 0 Å². The minimum atomic E-state index is -1.68. The highest BCUT2D eigenvalue weighted by atomic mass is 16.4. The largest absolute Gasteiger partial charge is 0.550 e. The number of rotatable bonds is 4. The molecule has 72 valence electrons. The number of aliphatic carboxylic acids is 1. The van der Waals surface area contributed by atoms with Crippen LogP contribution in [0.25, 0.3) is 0 Å². The summed E-state index contributed by atoms with van der Waals surface area (Å²) in [5.74, 6) is -1.34. The number of carbonyl (C=O) groups is 1. The highest BCUT2D eigenvalue weighted by Gasteiger charge is 2.28. The fourth-order valence-corrected chi connectivity index (χ4v) is 1.13. The number of carbonyl (C=O) groups excluding carboxylic acids is 1. The van der Waals surface area contributed by atoms with Crippen molar-refractivity contribution in [3.05, 3.63) is 0 Å². The number of hydrogen-bond acceptors (Lipinski definition) is 4. The zero-order chi connectivity index (χ0) is 9.99. The van der Waals surface area contributed by atoms with E-state index in [1.807, 2.05) is 21.1 Å². The van der Waals surface area contributed by atoms with Gasteiger partial charge < -0.3 is 19.5 Å². The van der Waals surface area contributed by atoms with E-state index in [0.717, 1.165) is 0 Å². The smallest absolute Gasteiger partial charge is 0.168 e. The fourth-order valence-electron chi connectivity index (χ4n) is 1.13. The lowest BCUT2D eigenvalue weighted by molar-refractivity contribution is -0.877. The molecule has 5 nitrogen and oxygen atoms in total. The molecule has 0 rings (SSSR count). The molecular weight excluding hydrogens is 160 g/mol. The Balaban J connectivity index is 4.13. The number of quaternary nitrogens is 1. The van der Waals surface area contributed by atoms with Crippen molar-refractivity contribution < 1.29 is 19.5 Å². The van der Waals surface area contributed by atoms with Crippen LogP contribution in [-0.4, -0.2) is 49.0 Å². The zero-order valence-corrected chi connectivity index (χ0v) is 7.70. The van der Waals surface area contributed by atoms with E-state index in [1.54, 1.807) is 0 Å². The number of nitrogens with two attached hydrogens (primary N) is 1. The molecule has 0 bridgehead atoms. The lowest BCUT2D eigenvalue weighted by Gasteiger charge is -2.32.